The minimum absolute atomic E-state index is 0.137. The molecular formula is C19H23FN2O4S. The Hall–Kier alpha value is -2.45. The lowest BCUT2D eigenvalue weighted by atomic mass is 10.1. The van der Waals surface area contributed by atoms with Gasteiger partial charge in [0, 0.05) is 24.3 Å². The molecular weight excluding hydrogens is 371 g/mol. The molecule has 0 spiro atoms. The fourth-order valence-electron chi connectivity index (χ4n) is 2.56. The third-order valence-corrected chi connectivity index (χ3v) is 5.02. The van der Waals surface area contributed by atoms with Gasteiger partial charge < -0.3 is 10.1 Å². The standard InChI is InChI=1S/C19H23FN2O4S/c1-14(13-26-2)21-19(23)15-8-10-17(11-9-15)22(27(3,24)25)12-16-6-4-5-7-18(16)20/h4-11,14H,12-13H2,1-3H3,(H,21,23)/t14-/m1/s1. The van der Waals surface area contributed by atoms with Crippen LogP contribution in [-0.2, 0) is 21.3 Å². The van der Waals surface area contributed by atoms with E-state index in [-0.39, 0.29) is 24.1 Å². The van der Waals surface area contributed by atoms with Crippen LogP contribution in [0, 0.1) is 5.82 Å². The largest absolute Gasteiger partial charge is 0.383 e. The second kappa shape index (κ2) is 8.96. The summed E-state index contributed by atoms with van der Waals surface area (Å²) in [4.78, 5) is 12.2. The van der Waals surface area contributed by atoms with Crippen molar-refractivity contribution in [1.82, 2.24) is 5.32 Å². The third kappa shape index (κ3) is 5.77. The van der Waals surface area contributed by atoms with Crippen LogP contribution in [0.2, 0.25) is 0 Å². The van der Waals surface area contributed by atoms with Crippen LogP contribution in [-0.4, -0.2) is 40.3 Å². The number of hydrogen-bond donors (Lipinski definition) is 1. The molecule has 146 valence electrons. The first-order valence-electron chi connectivity index (χ1n) is 8.33. The van der Waals surface area contributed by atoms with Crippen LogP contribution < -0.4 is 9.62 Å². The molecule has 0 saturated heterocycles. The molecule has 0 aliphatic heterocycles. The number of nitrogens with one attached hydrogen (secondary N) is 1. The van der Waals surface area contributed by atoms with E-state index in [1.165, 1.54) is 36.4 Å². The number of benzene rings is 2. The molecule has 27 heavy (non-hydrogen) atoms. The Bertz CT molecular complexity index is 885. The van der Waals surface area contributed by atoms with E-state index in [2.05, 4.69) is 5.32 Å². The average molecular weight is 394 g/mol. The highest BCUT2D eigenvalue weighted by Crippen LogP contribution is 2.22. The summed E-state index contributed by atoms with van der Waals surface area (Å²) in [5.74, 6) is -0.764. The summed E-state index contributed by atoms with van der Waals surface area (Å²) in [6, 6.07) is 12.0. The number of ether oxygens (including phenoxy) is 1. The van der Waals surface area contributed by atoms with Crippen molar-refractivity contribution in [2.24, 2.45) is 0 Å². The van der Waals surface area contributed by atoms with Gasteiger partial charge in [-0.2, -0.15) is 0 Å². The lowest BCUT2D eigenvalue weighted by Gasteiger charge is -2.23. The molecule has 2 aromatic carbocycles. The van der Waals surface area contributed by atoms with E-state index in [4.69, 9.17) is 4.74 Å². The number of rotatable bonds is 8. The van der Waals surface area contributed by atoms with Crippen molar-refractivity contribution in [1.29, 1.82) is 0 Å². The van der Waals surface area contributed by atoms with Gasteiger partial charge in [0.05, 0.1) is 25.1 Å². The molecule has 0 saturated carbocycles. The Labute approximate surface area is 159 Å². The van der Waals surface area contributed by atoms with E-state index in [1.54, 1.807) is 19.2 Å². The fourth-order valence-corrected chi connectivity index (χ4v) is 3.44. The Balaban J connectivity index is 2.23. The van der Waals surface area contributed by atoms with Gasteiger partial charge in [-0.25, -0.2) is 12.8 Å². The zero-order chi connectivity index (χ0) is 20.0. The molecule has 0 aliphatic carbocycles. The van der Waals surface area contributed by atoms with Crippen LogP contribution in [0.4, 0.5) is 10.1 Å². The molecule has 2 rings (SSSR count). The Morgan fingerprint density at radius 2 is 1.81 bits per heavy atom. The van der Waals surface area contributed by atoms with Crippen molar-refractivity contribution in [3.05, 3.63) is 65.5 Å². The molecule has 8 heteroatoms. The molecule has 0 fully saturated rings. The van der Waals surface area contributed by atoms with Gasteiger partial charge in [-0.05, 0) is 37.3 Å². The number of sulfonamides is 1. The van der Waals surface area contributed by atoms with Crippen molar-refractivity contribution in [2.75, 3.05) is 24.3 Å². The van der Waals surface area contributed by atoms with E-state index in [0.29, 0.717) is 17.9 Å². The smallest absolute Gasteiger partial charge is 0.251 e. The summed E-state index contributed by atoms with van der Waals surface area (Å²) in [6.07, 6.45) is 1.06. The molecule has 0 radical (unpaired) electrons. The summed E-state index contributed by atoms with van der Waals surface area (Å²) in [7, 11) is -2.09. The maximum absolute atomic E-state index is 13.9. The molecule has 6 nitrogen and oxygen atoms in total. The van der Waals surface area contributed by atoms with Gasteiger partial charge in [-0.1, -0.05) is 18.2 Å². The number of anilines is 1. The lowest BCUT2D eigenvalue weighted by molar-refractivity contribution is 0.0905. The molecule has 0 heterocycles. The highest BCUT2D eigenvalue weighted by atomic mass is 32.2. The molecule has 1 amide bonds. The lowest BCUT2D eigenvalue weighted by Crippen LogP contribution is -2.35. The molecule has 0 bridgehead atoms. The number of amides is 1. The Morgan fingerprint density at radius 1 is 1.19 bits per heavy atom. The van der Waals surface area contributed by atoms with E-state index >= 15 is 0 Å². The van der Waals surface area contributed by atoms with Gasteiger partial charge in [-0.15, -0.1) is 0 Å². The molecule has 1 N–H and O–H groups in total. The van der Waals surface area contributed by atoms with Crippen LogP contribution in [0.3, 0.4) is 0 Å². The van der Waals surface area contributed by atoms with Crippen molar-refractivity contribution in [2.45, 2.75) is 19.5 Å². The molecule has 2 aromatic rings. The van der Waals surface area contributed by atoms with E-state index < -0.39 is 15.8 Å². The normalized spacial score (nSPS) is 12.4. The summed E-state index contributed by atoms with van der Waals surface area (Å²) in [6.45, 7) is 2.06. The Morgan fingerprint density at radius 3 is 2.37 bits per heavy atom. The summed E-state index contributed by atoms with van der Waals surface area (Å²) < 4.78 is 44.4. The van der Waals surface area contributed by atoms with Crippen LogP contribution in [0.5, 0.6) is 0 Å². The average Bonchev–Trinajstić information content (AvgIpc) is 2.60. The number of hydrogen-bond acceptors (Lipinski definition) is 4. The summed E-state index contributed by atoms with van der Waals surface area (Å²) >= 11 is 0. The molecule has 1 atom stereocenters. The predicted octanol–water partition coefficient (Wildman–Crippen LogP) is 2.56. The first kappa shape index (κ1) is 20.9. The van der Waals surface area contributed by atoms with Crippen molar-refractivity contribution in [3.63, 3.8) is 0 Å². The van der Waals surface area contributed by atoms with E-state index in [9.17, 15) is 17.6 Å². The topological polar surface area (TPSA) is 75.7 Å². The van der Waals surface area contributed by atoms with Gasteiger partial charge in [0.1, 0.15) is 5.82 Å². The quantitative estimate of drug-likeness (QED) is 0.747. The number of nitrogens with zero attached hydrogens (tertiary/aromatic N) is 1. The maximum atomic E-state index is 13.9. The van der Waals surface area contributed by atoms with Crippen molar-refractivity contribution >= 4 is 21.6 Å². The Kier molecular flexibility index (Phi) is 6.92. The van der Waals surface area contributed by atoms with Crippen LogP contribution >= 0.6 is 0 Å². The first-order valence-corrected chi connectivity index (χ1v) is 10.2. The third-order valence-electron chi connectivity index (χ3n) is 3.88. The zero-order valence-corrected chi connectivity index (χ0v) is 16.3. The van der Waals surface area contributed by atoms with Gasteiger partial charge in [0.2, 0.25) is 10.0 Å². The van der Waals surface area contributed by atoms with Gasteiger partial charge in [0.25, 0.3) is 5.91 Å². The van der Waals surface area contributed by atoms with Crippen molar-refractivity contribution in [3.8, 4) is 0 Å². The van der Waals surface area contributed by atoms with Gasteiger partial charge in [-0.3, -0.25) is 9.10 Å². The number of halogens is 1. The molecule has 0 aliphatic rings. The SMILES string of the molecule is COC[C@@H](C)NC(=O)c1ccc(N(Cc2ccccc2F)S(C)(=O)=O)cc1. The molecule has 0 unspecified atom stereocenters. The van der Waals surface area contributed by atoms with Crippen LogP contribution in [0.25, 0.3) is 0 Å². The van der Waals surface area contributed by atoms with Crippen LogP contribution in [0.1, 0.15) is 22.8 Å². The van der Waals surface area contributed by atoms with Crippen LogP contribution in [0.15, 0.2) is 48.5 Å². The molecule has 0 aromatic heterocycles. The number of methoxy groups -OCH3 is 1. The number of carbonyl (C=O) groups excluding carboxylic acids is 1. The monoisotopic (exact) mass is 394 g/mol. The highest BCUT2D eigenvalue weighted by molar-refractivity contribution is 7.92. The maximum Gasteiger partial charge on any atom is 0.251 e. The van der Waals surface area contributed by atoms with Gasteiger partial charge in [0.15, 0.2) is 0 Å². The minimum atomic E-state index is -3.64. The predicted molar refractivity (Wildman–Crippen MR) is 103 cm³/mol. The second-order valence-corrected chi connectivity index (χ2v) is 8.14. The fraction of sp³-hybridized carbons (Fsp3) is 0.316. The number of carbonyl (C=O) groups is 1. The highest BCUT2D eigenvalue weighted by Gasteiger charge is 2.20. The van der Waals surface area contributed by atoms with Gasteiger partial charge >= 0.3 is 0 Å². The van der Waals surface area contributed by atoms with Crippen molar-refractivity contribution < 1.29 is 22.3 Å². The summed E-state index contributed by atoms with van der Waals surface area (Å²) in [5, 5.41) is 2.78. The van der Waals surface area contributed by atoms with E-state index in [1.807, 2.05) is 6.92 Å². The first-order chi connectivity index (χ1) is 12.7. The second-order valence-electron chi connectivity index (χ2n) is 6.24. The zero-order valence-electron chi connectivity index (χ0n) is 15.5. The van der Waals surface area contributed by atoms with E-state index in [0.717, 1.165) is 10.6 Å². The summed E-state index contributed by atoms with van der Waals surface area (Å²) in [5.41, 5.74) is 1.00. The minimum Gasteiger partial charge on any atom is -0.383 e.